The molecule has 1 aliphatic carbocycles. The minimum absolute atomic E-state index is 0. The summed E-state index contributed by atoms with van der Waals surface area (Å²) in [5.41, 5.74) is 11.4. The average molecular weight is 691 g/mol. The fraction of sp³-hybridized carbons (Fsp3) is 0.294. The van der Waals surface area contributed by atoms with Gasteiger partial charge in [0.05, 0.1) is 0 Å². The molecule has 2 aliphatic heterocycles. The Balaban J connectivity index is 0.000000200. The van der Waals surface area contributed by atoms with Gasteiger partial charge in [0.2, 0.25) is 0 Å². The zero-order valence-corrected chi connectivity index (χ0v) is 25.9. The van der Waals surface area contributed by atoms with Gasteiger partial charge >= 0.3 is 11.7 Å². The summed E-state index contributed by atoms with van der Waals surface area (Å²) in [6.07, 6.45) is 4.21. The van der Waals surface area contributed by atoms with E-state index >= 15 is 0 Å². The van der Waals surface area contributed by atoms with E-state index in [2.05, 4.69) is 103 Å². The maximum atomic E-state index is 4.22. The number of hydrogen-bond donors (Lipinski definition) is 0. The molecule has 0 bridgehead atoms. The Morgan fingerprint density at radius 1 is 0.923 bits per heavy atom. The SMILES string of the molecule is CN1c2cccc3c2[N+](=C=[N+]3C)c2[c-]cc3c(c21)C(C)(C)CCC3(C)C.[Ir].[c-]1ccccc1-c1ccccn1. The van der Waals surface area contributed by atoms with E-state index in [-0.39, 0.29) is 30.9 Å². The number of hydrogen-bond acceptors (Lipinski definition) is 2. The van der Waals surface area contributed by atoms with Crippen LogP contribution < -0.4 is 9.48 Å². The van der Waals surface area contributed by atoms with Crippen LogP contribution in [0.3, 0.4) is 0 Å². The van der Waals surface area contributed by atoms with Crippen molar-refractivity contribution in [1.29, 1.82) is 0 Å². The van der Waals surface area contributed by atoms with Gasteiger partial charge in [0.1, 0.15) is 11.4 Å². The topological polar surface area (TPSA) is 22.1 Å². The summed E-state index contributed by atoms with van der Waals surface area (Å²) in [5.74, 6) is 0. The number of para-hydroxylation sites is 1. The third-order valence-electron chi connectivity index (χ3n) is 8.26. The van der Waals surface area contributed by atoms with Gasteiger partial charge in [-0.15, -0.1) is 53.1 Å². The zero-order chi connectivity index (χ0) is 26.7. The normalized spacial score (nSPS) is 16.8. The first kappa shape index (κ1) is 27.2. The molecule has 0 unspecified atom stereocenters. The first-order chi connectivity index (χ1) is 18.2. The maximum Gasteiger partial charge on any atom is 0.494 e. The standard InChI is InChI=1S/C23H26N3.C11H8N.Ir/c1-22(2)12-13-23(3,4)19-15(22)10-11-18-21(19)25(6)17-9-7-8-16-20(17)26(18)14-24(16)5;1-2-6-10(7-3-1)11-8-4-5-9-12-11;/h7-10H,12-13H2,1-6H3;1-6,8-9H;/q+1;-1;. The number of aromatic nitrogens is 1. The summed E-state index contributed by atoms with van der Waals surface area (Å²) >= 11 is 0. The molecule has 0 saturated carbocycles. The Labute approximate surface area is 245 Å². The van der Waals surface area contributed by atoms with E-state index in [0.29, 0.717) is 0 Å². The summed E-state index contributed by atoms with van der Waals surface area (Å²) in [7, 11) is 4.27. The smallest absolute Gasteiger partial charge is 0.386 e. The summed E-state index contributed by atoms with van der Waals surface area (Å²) in [4.78, 5) is 6.60. The number of fused-ring (bicyclic) bond motifs is 4. The molecule has 4 aromatic rings. The van der Waals surface area contributed by atoms with Crippen LogP contribution in [0.4, 0.5) is 28.4 Å². The largest absolute Gasteiger partial charge is 0.494 e. The molecule has 0 amide bonds. The molecule has 1 radical (unpaired) electrons. The van der Waals surface area contributed by atoms with Crippen molar-refractivity contribution in [3.8, 4) is 11.3 Å². The maximum absolute atomic E-state index is 4.22. The molecule has 3 heterocycles. The van der Waals surface area contributed by atoms with E-state index in [0.717, 1.165) is 16.9 Å². The van der Waals surface area contributed by atoms with Crippen molar-refractivity contribution in [2.45, 2.75) is 51.4 Å². The van der Waals surface area contributed by atoms with Crippen LogP contribution in [0.1, 0.15) is 51.7 Å². The molecule has 3 aliphatic rings. The Morgan fingerprint density at radius 3 is 2.41 bits per heavy atom. The summed E-state index contributed by atoms with van der Waals surface area (Å²) in [6, 6.07) is 32.7. The van der Waals surface area contributed by atoms with E-state index in [4.69, 9.17) is 0 Å². The molecular formula is C34H34IrN4. The summed E-state index contributed by atoms with van der Waals surface area (Å²) < 4.78 is 4.29. The van der Waals surface area contributed by atoms with Crippen LogP contribution >= 0.6 is 0 Å². The molecule has 0 spiro atoms. The van der Waals surface area contributed by atoms with Gasteiger partial charge in [-0.05, 0) is 36.7 Å². The molecule has 3 aromatic carbocycles. The minimum atomic E-state index is 0. The molecule has 4 nitrogen and oxygen atoms in total. The number of anilines is 2. The van der Waals surface area contributed by atoms with Crippen LogP contribution in [0, 0.1) is 12.1 Å². The predicted molar refractivity (Wildman–Crippen MR) is 156 cm³/mol. The second-order valence-electron chi connectivity index (χ2n) is 11.7. The van der Waals surface area contributed by atoms with Crippen LogP contribution in [-0.4, -0.2) is 29.7 Å². The van der Waals surface area contributed by atoms with Crippen LogP contribution in [0.15, 0.2) is 72.9 Å². The van der Waals surface area contributed by atoms with Crippen LogP contribution in [0.25, 0.3) is 11.3 Å². The van der Waals surface area contributed by atoms with E-state index in [1.54, 1.807) is 6.20 Å². The Morgan fingerprint density at radius 2 is 1.69 bits per heavy atom. The van der Waals surface area contributed by atoms with Crippen molar-refractivity contribution in [2.75, 3.05) is 19.0 Å². The van der Waals surface area contributed by atoms with Gasteiger partial charge in [-0.25, -0.2) is 0 Å². The predicted octanol–water partition coefficient (Wildman–Crippen LogP) is 7.76. The molecule has 1 aromatic heterocycles. The fourth-order valence-corrected chi connectivity index (χ4v) is 6.03. The zero-order valence-electron chi connectivity index (χ0n) is 23.5. The molecule has 0 fully saturated rings. The van der Waals surface area contributed by atoms with Gasteiger partial charge < -0.3 is 9.88 Å². The van der Waals surface area contributed by atoms with Gasteiger partial charge in [0.15, 0.2) is 7.05 Å². The van der Waals surface area contributed by atoms with Crippen molar-refractivity contribution in [3.63, 3.8) is 0 Å². The first-order valence-electron chi connectivity index (χ1n) is 13.3. The summed E-state index contributed by atoms with van der Waals surface area (Å²) in [6.45, 7) is 9.53. The minimum Gasteiger partial charge on any atom is -0.386 e. The van der Waals surface area contributed by atoms with Crippen molar-refractivity contribution >= 4 is 34.4 Å². The molecule has 5 heteroatoms. The van der Waals surface area contributed by atoms with E-state index in [9.17, 15) is 0 Å². The van der Waals surface area contributed by atoms with Gasteiger partial charge in [0.25, 0.3) is 5.69 Å². The average Bonchev–Trinajstić information content (AvgIpc) is 3.28. The van der Waals surface area contributed by atoms with Crippen LogP contribution in [0.5, 0.6) is 0 Å². The Bertz CT molecular complexity index is 1580. The molecule has 0 N–H and O–H groups in total. The van der Waals surface area contributed by atoms with E-state index in [1.165, 1.54) is 46.7 Å². The second kappa shape index (κ2) is 9.99. The van der Waals surface area contributed by atoms with Gasteiger partial charge in [0, 0.05) is 38.1 Å². The number of benzene rings is 3. The molecular weight excluding hydrogens is 657 g/mol. The molecule has 7 rings (SSSR count). The molecule has 0 atom stereocenters. The third-order valence-corrected chi connectivity index (χ3v) is 8.26. The van der Waals surface area contributed by atoms with Gasteiger partial charge in [-0.1, -0.05) is 66.9 Å². The third kappa shape index (κ3) is 4.49. The van der Waals surface area contributed by atoms with Crippen molar-refractivity contribution in [1.82, 2.24) is 9.56 Å². The Kier molecular flexibility index (Phi) is 6.97. The second-order valence-corrected chi connectivity index (χ2v) is 11.7. The van der Waals surface area contributed by atoms with Crippen LogP contribution in [-0.2, 0) is 30.9 Å². The van der Waals surface area contributed by atoms with Crippen LogP contribution in [0.2, 0.25) is 0 Å². The van der Waals surface area contributed by atoms with Gasteiger partial charge in [-0.2, -0.15) is 6.07 Å². The number of pyridine rings is 1. The molecule has 0 saturated heterocycles. The van der Waals surface area contributed by atoms with Crippen molar-refractivity contribution < 1.29 is 24.7 Å². The fourth-order valence-electron chi connectivity index (χ4n) is 6.03. The number of rotatable bonds is 1. The number of nitrogens with zero attached hydrogens (tertiary/aromatic N) is 4. The van der Waals surface area contributed by atoms with Gasteiger partial charge in [-0.3, -0.25) is 0 Å². The van der Waals surface area contributed by atoms with Crippen molar-refractivity contribution in [2.24, 2.45) is 0 Å². The quantitative estimate of drug-likeness (QED) is 0.151. The summed E-state index contributed by atoms with van der Waals surface area (Å²) in [5, 5.41) is 0. The monoisotopic (exact) mass is 691 g/mol. The van der Waals surface area contributed by atoms with E-state index < -0.39 is 0 Å². The molecule has 199 valence electrons. The van der Waals surface area contributed by atoms with E-state index in [1.807, 2.05) is 42.5 Å². The molecule has 39 heavy (non-hydrogen) atoms. The Hall–Kier alpha value is -3.36. The van der Waals surface area contributed by atoms with Crippen molar-refractivity contribution in [3.05, 3.63) is 96.2 Å². The first-order valence-corrected chi connectivity index (χ1v) is 13.3.